The molecule has 0 spiro atoms. The summed E-state index contributed by atoms with van der Waals surface area (Å²) < 4.78 is 0. The lowest BCUT2D eigenvalue weighted by atomic mass is 9.94. The Balaban J connectivity index is 2.42. The number of carbonyl (C=O) groups excluding carboxylic acids is 1. The highest BCUT2D eigenvalue weighted by molar-refractivity contribution is 5.80. The van der Waals surface area contributed by atoms with Crippen LogP contribution in [-0.2, 0) is 4.79 Å². The van der Waals surface area contributed by atoms with E-state index in [1.165, 1.54) is 50.5 Å². The minimum atomic E-state index is 0.213. The van der Waals surface area contributed by atoms with Crippen LogP contribution in [0.4, 0.5) is 0 Å². The summed E-state index contributed by atoms with van der Waals surface area (Å²) in [5, 5.41) is 0. The van der Waals surface area contributed by atoms with Gasteiger partial charge in [-0.15, -0.1) is 0 Å². The zero-order valence-corrected chi connectivity index (χ0v) is 10.2. The van der Waals surface area contributed by atoms with Crippen LogP contribution < -0.4 is 0 Å². The van der Waals surface area contributed by atoms with Crippen molar-refractivity contribution in [1.82, 2.24) is 0 Å². The van der Waals surface area contributed by atoms with E-state index >= 15 is 0 Å². The molecule has 1 atom stereocenters. The zero-order valence-electron chi connectivity index (χ0n) is 10.2. The Morgan fingerprint density at radius 1 is 1.33 bits per heavy atom. The first-order valence-corrected chi connectivity index (χ1v) is 6.44. The van der Waals surface area contributed by atoms with E-state index in [0.29, 0.717) is 5.78 Å². The van der Waals surface area contributed by atoms with Crippen LogP contribution in [0.1, 0.15) is 65.2 Å². The number of rotatable bonds is 6. The van der Waals surface area contributed by atoms with Crippen molar-refractivity contribution in [3.05, 3.63) is 11.6 Å². The molecule has 1 heteroatoms. The molecule has 0 aromatic heterocycles. The van der Waals surface area contributed by atoms with Crippen molar-refractivity contribution in [1.29, 1.82) is 0 Å². The third-order valence-corrected chi connectivity index (χ3v) is 3.32. The molecule has 0 amide bonds. The molecule has 1 rings (SSSR count). The van der Waals surface area contributed by atoms with Crippen molar-refractivity contribution in [2.75, 3.05) is 0 Å². The molecule has 0 radical (unpaired) electrons. The number of unbranched alkanes of at least 4 members (excludes halogenated alkanes) is 2. The van der Waals surface area contributed by atoms with E-state index < -0.39 is 0 Å². The molecular formula is C14H24O. The number of hydrogen-bond donors (Lipinski definition) is 0. The Morgan fingerprint density at radius 2 is 2.00 bits per heavy atom. The minimum absolute atomic E-state index is 0.213. The number of carbonyl (C=O) groups is 1. The van der Waals surface area contributed by atoms with Crippen molar-refractivity contribution < 1.29 is 4.79 Å². The van der Waals surface area contributed by atoms with Crippen LogP contribution in [0.5, 0.6) is 0 Å². The van der Waals surface area contributed by atoms with Crippen LogP contribution in [0.2, 0.25) is 0 Å². The molecular weight excluding hydrogens is 184 g/mol. The number of hydrogen-bond acceptors (Lipinski definition) is 1. The molecule has 0 aliphatic heterocycles. The third-order valence-electron chi connectivity index (χ3n) is 3.32. The maximum atomic E-state index is 11.5. The van der Waals surface area contributed by atoms with E-state index in [1.54, 1.807) is 6.92 Å². The van der Waals surface area contributed by atoms with Crippen molar-refractivity contribution in [3.63, 3.8) is 0 Å². The third kappa shape index (κ3) is 4.63. The van der Waals surface area contributed by atoms with Gasteiger partial charge in [-0.3, -0.25) is 4.79 Å². The van der Waals surface area contributed by atoms with Gasteiger partial charge in [0, 0.05) is 5.92 Å². The van der Waals surface area contributed by atoms with Gasteiger partial charge in [-0.1, -0.05) is 37.8 Å². The summed E-state index contributed by atoms with van der Waals surface area (Å²) in [5.41, 5.74) is 1.53. The maximum absolute atomic E-state index is 11.5. The van der Waals surface area contributed by atoms with Crippen LogP contribution in [0, 0.1) is 5.92 Å². The van der Waals surface area contributed by atoms with Crippen LogP contribution in [0.3, 0.4) is 0 Å². The van der Waals surface area contributed by atoms with E-state index in [9.17, 15) is 4.79 Å². The Morgan fingerprint density at radius 3 is 2.53 bits per heavy atom. The smallest absolute Gasteiger partial charge is 0.136 e. The molecule has 0 bridgehead atoms. The SMILES string of the molecule is CCCCCC(C=C1CCCC1)C(C)=O. The fourth-order valence-electron chi connectivity index (χ4n) is 2.30. The van der Waals surface area contributed by atoms with Crippen molar-refractivity contribution in [3.8, 4) is 0 Å². The highest BCUT2D eigenvalue weighted by Gasteiger charge is 2.14. The van der Waals surface area contributed by atoms with Gasteiger partial charge in [-0.2, -0.15) is 0 Å². The fourth-order valence-corrected chi connectivity index (χ4v) is 2.30. The van der Waals surface area contributed by atoms with Gasteiger partial charge >= 0.3 is 0 Å². The molecule has 86 valence electrons. The zero-order chi connectivity index (χ0) is 11.1. The van der Waals surface area contributed by atoms with E-state index in [1.807, 2.05) is 0 Å². The van der Waals surface area contributed by atoms with Crippen LogP contribution >= 0.6 is 0 Å². The van der Waals surface area contributed by atoms with E-state index in [-0.39, 0.29) is 5.92 Å². The first kappa shape index (κ1) is 12.5. The van der Waals surface area contributed by atoms with Gasteiger partial charge in [0.15, 0.2) is 0 Å². The molecule has 0 aromatic carbocycles. The van der Waals surface area contributed by atoms with Crippen LogP contribution in [0.25, 0.3) is 0 Å². The molecule has 1 saturated carbocycles. The predicted octanol–water partition coefficient (Wildman–Crippen LogP) is 4.27. The molecule has 0 saturated heterocycles. The Bertz CT molecular complexity index is 219. The average Bonchev–Trinajstić information content (AvgIpc) is 2.69. The molecule has 1 aliphatic carbocycles. The van der Waals surface area contributed by atoms with Gasteiger partial charge in [0.05, 0.1) is 0 Å². The standard InChI is InChI=1S/C14H24O/c1-3-4-5-10-14(12(2)15)11-13-8-6-7-9-13/h11,14H,3-10H2,1-2H3. The van der Waals surface area contributed by atoms with Crippen molar-refractivity contribution >= 4 is 5.78 Å². The Hall–Kier alpha value is -0.590. The number of allylic oxidation sites excluding steroid dienone is 2. The molecule has 1 unspecified atom stereocenters. The molecule has 1 aliphatic rings. The first-order valence-electron chi connectivity index (χ1n) is 6.44. The Kier molecular flexibility index (Phi) is 5.67. The fraction of sp³-hybridized carbons (Fsp3) is 0.786. The van der Waals surface area contributed by atoms with Crippen LogP contribution in [-0.4, -0.2) is 5.78 Å². The predicted molar refractivity (Wildman–Crippen MR) is 64.9 cm³/mol. The van der Waals surface area contributed by atoms with Crippen LogP contribution in [0.15, 0.2) is 11.6 Å². The highest BCUT2D eigenvalue weighted by Crippen LogP contribution is 2.26. The van der Waals surface area contributed by atoms with E-state index in [4.69, 9.17) is 0 Å². The molecule has 0 heterocycles. The van der Waals surface area contributed by atoms with E-state index in [2.05, 4.69) is 13.0 Å². The second-order valence-electron chi connectivity index (χ2n) is 4.74. The summed E-state index contributed by atoms with van der Waals surface area (Å²) in [6, 6.07) is 0. The van der Waals surface area contributed by atoms with Gasteiger partial charge in [-0.25, -0.2) is 0 Å². The molecule has 0 N–H and O–H groups in total. The summed E-state index contributed by atoms with van der Waals surface area (Å²) in [7, 11) is 0. The van der Waals surface area contributed by atoms with Gasteiger partial charge in [0.25, 0.3) is 0 Å². The Labute approximate surface area is 93.9 Å². The second kappa shape index (κ2) is 6.81. The lowest BCUT2D eigenvalue weighted by Gasteiger charge is -2.10. The molecule has 15 heavy (non-hydrogen) atoms. The molecule has 0 aromatic rings. The van der Waals surface area contributed by atoms with E-state index in [0.717, 1.165) is 6.42 Å². The highest BCUT2D eigenvalue weighted by atomic mass is 16.1. The quantitative estimate of drug-likeness (QED) is 0.470. The van der Waals surface area contributed by atoms with Crippen molar-refractivity contribution in [2.45, 2.75) is 65.2 Å². The molecule has 1 nitrogen and oxygen atoms in total. The summed E-state index contributed by atoms with van der Waals surface area (Å²) in [4.78, 5) is 11.5. The summed E-state index contributed by atoms with van der Waals surface area (Å²) in [6.45, 7) is 3.95. The summed E-state index contributed by atoms with van der Waals surface area (Å²) in [6.07, 6.45) is 12.1. The molecule has 1 fully saturated rings. The van der Waals surface area contributed by atoms with Gasteiger partial charge < -0.3 is 0 Å². The van der Waals surface area contributed by atoms with Gasteiger partial charge in [-0.05, 0) is 39.0 Å². The van der Waals surface area contributed by atoms with Gasteiger partial charge in [0.2, 0.25) is 0 Å². The lowest BCUT2D eigenvalue weighted by molar-refractivity contribution is -0.119. The van der Waals surface area contributed by atoms with Gasteiger partial charge in [0.1, 0.15) is 5.78 Å². The second-order valence-corrected chi connectivity index (χ2v) is 4.74. The summed E-state index contributed by atoms with van der Waals surface area (Å²) in [5.74, 6) is 0.565. The lowest BCUT2D eigenvalue weighted by Crippen LogP contribution is -2.08. The maximum Gasteiger partial charge on any atom is 0.136 e. The first-order chi connectivity index (χ1) is 7.24. The number of Topliss-reactive ketones (excluding diaryl/α,β-unsaturated/α-hetero) is 1. The monoisotopic (exact) mass is 208 g/mol. The normalized spacial score (nSPS) is 17.9. The average molecular weight is 208 g/mol. The summed E-state index contributed by atoms with van der Waals surface area (Å²) >= 11 is 0. The largest absolute Gasteiger partial charge is 0.299 e. The topological polar surface area (TPSA) is 17.1 Å². The van der Waals surface area contributed by atoms with Crippen molar-refractivity contribution in [2.24, 2.45) is 5.92 Å². The minimum Gasteiger partial charge on any atom is -0.299 e. The number of ketones is 1.